The van der Waals surface area contributed by atoms with Gasteiger partial charge in [0.2, 0.25) is 5.91 Å². The smallest absolute Gasteiger partial charge is 0.230 e. The van der Waals surface area contributed by atoms with E-state index in [4.69, 9.17) is 0 Å². The molecule has 2 rings (SSSR count). The van der Waals surface area contributed by atoms with E-state index in [1.165, 1.54) is 0 Å². The second-order valence-corrected chi connectivity index (χ2v) is 4.56. The first kappa shape index (κ1) is 11.1. The highest BCUT2D eigenvalue weighted by Gasteiger charge is 2.04. The lowest BCUT2D eigenvalue weighted by Crippen LogP contribution is -2.14. The number of hydrogen-bond donors (Lipinski definition) is 2. The minimum absolute atomic E-state index is 0.0505. The number of amides is 1. The van der Waals surface area contributed by atoms with Crippen molar-refractivity contribution in [3.63, 3.8) is 0 Å². The SMILES string of the molecule is O=C(Cc1ccn[nH]1)Nc1ccc(I)cc1. The standard InChI is InChI=1S/C11H10IN3O/c12-8-1-3-9(4-2-8)14-11(16)7-10-5-6-13-15-10/h1-6H,7H2,(H,13,15)(H,14,16). The van der Waals surface area contributed by atoms with Crippen molar-refractivity contribution in [2.24, 2.45) is 0 Å². The lowest BCUT2D eigenvalue weighted by molar-refractivity contribution is -0.115. The monoisotopic (exact) mass is 327 g/mol. The van der Waals surface area contributed by atoms with E-state index >= 15 is 0 Å². The van der Waals surface area contributed by atoms with Gasteiger partial charge in [-0.2, -0.15) is 5.10 Å². The van der Waals surface area contributed by atoms with Crippen LogP contribution in [0.15, 0.2) is 36.5 Å². The molecular formula is C11H10IN3O. The number of halogens is 1. The zero-order chi connectivity index (χ0) is 11.4. The van der Waals surface area contributed by atoms with Gasteiger partial charge in [0, 0.05) is 21.1 Å². The van der Waals surface area contributed by atoms with Crippen molar-refractivity contribution in [3.8, 4) is 0 Å². The molecule has 0 radical (unpaired) electrons. The third-order valence-corrected chi connectivity index (χ3v) is 2.76. The van der Waals surface area contributed by atoms with Crippen LogP contribution in [-0.4, -0.2) is 16.1 Å². The molecule has 0 atom stereocenters. The van der Waals surface area contributed by atoms with E-state index in [2.05, 4.69) is 38.1 Å². The van der Waals surface area contributed by atoms with E-state index in [9.17, 15) is 4.79 Å². The van der Waals surface area contributed by atoms with Gasteiger partial charge in [0.1, 0.15) is 0 Å². The van der Waals surface area contributed by atoms with E-state index in [0.717, 1.165) is 15.0 Å². The first-order valence-corrected chi connectivity index (χ1v) is 5.85. The maximum Gasteiger partial charge on any atom is 0.230 e. The van der Waals surface area contributed by atoms with Crippen molar-refractivity contribution in [2.75, 3.05) is 5.32 Å². The Kier molecular flexibility index (Phi) is 3.55. The average Bonchev–Trinajstić information content (AvgIpc) is 2.74. The van der Waals surface area contributed by atoms with Gasteiger partial charge in [0.25, 0.3) is 0 Å². The molecule has 1 amide bonds. The van der Waals surface area contributed by atoms with Crippen LogP contribution < -0.4 is 5.32 Å². The molecule has 0 spiro atoms. The Labute approximate surface area is 107 Å². The van der Waals surface area contributed by atoms with Gasteiger partial charge in [-0.15, -0.1) is 0 Å². The maximum atomic E-state index is 11.6. The van der Waals surface area contributed by atoms with Crippen LogP contribution in [0.25, 0.3) is 0 Å². The third kappa shape index (κ3) is 3.06. The van der Waals surface area contributed by atoms with E-state index in [-0.39, 0.29) is 5.91 Å². The van der Waals surface area contributed by atoms with Gasteiger partial charge in [-0.3, -0.25) is 9.89 Å². The zero-order valence-corrected chi connectivity index (χ0v) is 10.6. The summed E-state index contributed by atoms with van der Waals surface area (Å²) in [6.07, 6.45) is 1.94. The number of aromatic nitrogens is 2. The van der Waals surface area contributed by atoms with Gasteiger partial charge in [-0.25, -0.2) is 0 Å². The molecule has 2 aromatic rings. The fourth-order valence-corrected chi connectivity index (χ4v) is 1.65. The number of nitrogens with zero attached hydrogens (tertiary/aromatic N) is 1. The summed E-state index contributed by atoms with van der Waals surface area (Å²) in [5.74, 6) is -0.0505. The molecule has 4 nitrogen and oxygen atoms in total. The van der Waals surface area contributed by atoms with Crippen LogP contribution in [0.4, 0.5) is 5.69 Å². The molecule has 1 heterocycles. The Balaban J connectivity index is 1.95. The molecule has 1 aromatic carbocycles. The van der Waals surface area contributed by atoms with Crippen molar-refractivity contribution in [2.45, 2.75) is 6.42 Å². The van der Waals surface area contributed by atoms with Crippen molar-refractivity contribution in [3.05, 3.63) is 45.8 Å². The Morgan fingerprint density at radius 2 is 2.06 bits per heavy atom. The molecule has 0 aliphatic carbocycles. The highest BCUT2D eigenvalue weighted by atomic mass is 127. The highest BCUT2D eigenvalue weighted by molar-refractivity contribution is 14.1. The number of carbonyl (C=O) groups is 1. The summed E-state index contributed by atoms with van der Waals surface area (Å²) in [7, 11) is 0. The summed E-state index contributed by atoms with van der Waals surface area (Å²) in [5, 5.41) is 9.36. The summed E-state index contributed by atoms with van der Waals surface area (Å²) >= 11 is 2.22. The molecule has 2 N–H and O–H groups in total. The molecule has 0 unspecified atom stereocenters. The minimum atomic E-state index is -0.0505. The first-order chi connectivity index (χ1) is 7.74. The number of nitrogens with one attached hydrogen (secondary N) is 2. The highest BCUT2D eigenvalue weighted by Crippen LogP contribution is 2.11. The molecule has 0 fully saturated rings. The maximum absolute atomic E-state index is 11.6. The van der Waals surface area contributed by atoms with Crippen molar-refractivity contribution < 1.29 is 4.79 Å². The van der Waals surface area contributed by atoms with Crippen LogP contribution in [-0.2, 0) is 11.2 Å². The van der Waals surface area contributed by atoms with Gasteiger partial charge in [-0.05, 0) is 52.9 Å². The first-order valence-electron chi connectivity index (χ1n) is 4.78. The summed E-state index contributed by atoms with van der Waals surface area (Å²) in [6, 6.07) is 9.45. The van der Waals surface area contributed by atoms with E-state index in [1.54, 1.807) is 12.3 Å². The molecule has 0 aliphatic heterocycles. The van der Waals surface area contributed by atoms with Gasteiger partial charge in [0.15, 0.2) is 0 Å². The Hall–Kier alpha value is -1.37. The Morgan fingerprint density at radius 1 is 1.31 bits per heavy atom. The second-order valence-electron chi connectivity index (χ2n) is 3.31. The Bertz CT molecular complexity index is 464. The molecule has 0 saturated carbocycles. The topological polar surface area (TPSA) is 57.8 Å². The lowest BCUT2D eigenvalue weighted by Gasteiger charge is -2.03. The van der Waals surface area contributed by atoms with E-state index in [1.807, 2.05) is 24.3 Å². The molecule has 0 saturated heterocycles. The van der Waals surface area contributed by atoms with Gasteiger partial charge in [0.05, 0.1) is 6.42 Å². The summed E-state index contributed by atoms with van der Waals surface area (Å²) in [6.45, 7) is 0. The summed E-state index contributed by atoms with van der Waals surface area (Å²) in [4.78, 5) is 11.6. The van der Waals surface area contributed by atoms with Gasteiger partial charge >= 0.3 is 0 Å². The number of carbonyl (C=O) groups excluding carboxylic acids is 1. The predicted molar refractivity (Wildman–Crippen MR) is 70.1 cm³/mol. The predicted octanol–water partition coefficient (Wildman–Crippen LogP) is 2.20. The number of hydrogen-bond acceptors (Lipinski definition) is 2. The van der Waals surface area contributed by atoms with Crippen LogP contribution in [0.5, 0.6) is 0 Å². The largest absolute Gasteiger partial charge is 0.326 e. The Morgan fingerprint density at radius 3 is 2.69 bits per heavy atom. The van der Waals surface area contributed by atoms with Gasteiger partial charge < -0.3 is 5.32 Å². The number of anilines is 1. The fraction of sp³-hybridized carbons (Fsp3) is 0.0909. The zero-order valence-electron chi connectivity index (χ0n) is 8.40. The molecule has 0 aliphatic rings. The van der Waals surface area contributed by atoms with Crippen LogP contribution in [0.3, 0.4) is 0 Å². The van der Waals surface area contributed by atoms with Crippen LogP contribution in [0.2, 0.25) is 0 Å². The molecule has 82 valence electrons. The van der Waals surface area contributed by atoms with E-state index in [0.29, 0.717) is 6.42 Å². The van der Waals surface area contributed by atoms with Crippen molar-refractivity contribution >= 4 is 34.2 Å². The summed E-state index contributed by atoms with van der Waals surface area (Å²) in [5.41, 5.74) is 1.62. The number of benzene rings is 1. The molecule has 0 bridgehead atoms. The molecule has 1 aromatic heterocycles. The molecule has 16 heavy (non-hydrogen) atoms. The fourth-order valence-electron chi connectivity index (χ4n) is 1.29. The number of H-pyrrole nitrogens is 1. The van der Waals surface area contributed by atoms with Crippen molar-refractivity contribution in [1.29, 1.82) is 0 Å². The van der Waals surface area contributed by atoms with Gasteiger partial charge in [-0.1, -0.05) is 0 Å². The number of rotatable bonds is 3. The quantitative estimate of drug-likeness (QED) is 0.849. The number of aromatic amines is 1. The lowest BCUT2D eigenvalue weighted by atomic mass is 10.2. The minimum Gasteiger partial charge on any atom is -0.326 e. The summed E-state index contributed by atoms with van der Waals surface area (Å²) < 4.78 is 1.14. The second kappa shape index (κ2) is 5.11. The third-order valence-electron chi connectivity index (χ3n) is 2.04. The normalized spacial score (nSPS) is 10.1. The molecular weight excluding hydrogens is 317 g/mol. The van der Waals surface area contributed by atoms with Crippen LogP contribution >= 0.6 is 22.6 Å². The average molecular weight is 327 g/mol. The van der Waals surface area contributed by atoms with Crippen LogP contribution in [0.1, 0.15) is 5.69 Å². The van der Waals surface area contributed by atoms with E-state index < -0.39 is 0 Å². The molecule has 5 heteroatoms. The van der Waals surface area contributed by atoms with Crippen molar-refractivity contribution in [1.82, 2.24) is 10.2 Å². The van der Waals surface area contributed by atoms with Crippen LogP contribution in [0, 0.1) is 3.57 Å².